The van der Waals surface area contributed by atoms with Gasteiger partial charge in [-0.15, -0.1) is 16.4 Å². The number of carbonyl (C=O) groups is 1. The van der Waals surface area contributed by atoms with Crippen LogP contribution in [-0.4, -0.2) is 25.7 Å². The van der Waals surface area contributed by atoms with Gasteiger partial charge in [0.2, 0.25) is 5.82 Å². The first kappa shape index (κ1) is 9.59. The number of thiazole rings is 1. The van der Waals surface area contributed by atoms with E-state index in [1.807, 2.05) is 0 Å². The summed E-state index contributed by atoms with van der Waals surface area (Å²) in [6.45, 7) is 0. The molecule has 0 saturated heterocycles. The number of hydrogen-bond acceptors (Lipinski definition) is 5. The molecule has 0 fully saturated rings. The van der Waals surface area contributed by atoms with Gasteiger partial charge in [0.15, 0.2) is 5.13 Å². The van der Waals surface area contributed by atoms with E-state index in [2.05, 4.69) is 20.4 Å². The van der Waals surface area contributed by atoms with Crippen LogP contribution in [0.15, 0.2) is 16.4 Å². The van der Waals surface area contributed by atoms with Crippen LogP contribution in [0.4, 0.5) is 5.13 Å². The molecule has 7 nitrogen and oxygen atoms in total. The van der Waals surface area contributed by atoms with Crippen molar-refractivity contribution in [1.82, 2.24) is 19.7 Å². The van der Waals surface area contributed by atoms with Gasteiger partial charge in [0.05, 0.1) is 0 Å². The van der Waals surface area contributed by atoms with E-state index in [1.165, 1.54) is 18.4 Å². The number of carbonyl (C=O) groups excluding carboxylic acids is 1. The number of aromatic nitrogens is 4. The molecule has 2 heterocycles. The summed E-state index contributed by atoms with van der Waals surface area (Å²) in [5.74, 6) is -0.514. The van der Waals surface area contributed by atoms with Gasteiger partial charge in [0.25, 0.3) is 5.91 Å². The number of hydrogen-bond donors (Lipinski definition) is 2. The normalized spacial score (nSPS) is 10.2. The predicted octanol–water partition coefficient (Wildman–Crippen LogP) is -0.183. The van der Waals surface area contributed by atoms with Crippen molar-refractivity contribution in [3.8, 4) is 0 Å². The Labute approximate surface area is 87.8 Å². The van der Waals surface area contributed by atoms with Crippen LogP contribution in [0.25, 0.3) is 0 Å². The van der Waals surface area contributed by atoms with Crippen LogP contribution in [0.5, 0.6) is 0 Å². The van der Waals surface area contributed by atoms with Crippen LogP contribution in [0.1, 0.15) is 10.6 Å². The third kappa shape index (κ3) is 1.94. The van der Waals surface area contributed by atoms with Crippen molar-refractivity contribution < 1.29 is 4.79 Å². The number of rotatable bonds is 2. The van der Waals surface area contributed by atoms with Crippen LogP contribution in [-0.2, 0) is 7.05 Å². The van der Waals surface area contributed by atoms with Crippen LogP contribution in [0, 0.1) is 0 Å². The third-order valence-electron chi connectivity index (χ3n) is 1.64. The Balaban J connectivity index is 2.18. The topological polar surface area (TPSA) is 92.7 Å². The molecule has 15 heavy (non-hydrogen) atoms. The SMILES string of the molecule is Cn1nc(C(=O)Nc2nccs2)[nH]c1=O. The summed E-state index contributed by atoms with van der Waals surface area (Å²) in [7, 11) is 1.46. The Bertz CT molecular complexity index is 526. The van der Waals surface area contributed by atoms with Crippen LogP contribution in [0.3, 0.4) is 0 Å². The number of aromatic amines is 1. The highest BCUT2D eigenvalue weighted by Crippen LogP contribution is 2.10. The zero-order chi connectivity index (χ0) is 10.8. The molecule has 0 aliphatic heterocycles. The van der Waals surface area contributed by atoms with Crippen molar-refractivity contribution in [3.63, 3.8) is 0 Å². The Kier molecular flexibility index (Phi) is 2.34. The van der Waals surface area contributed by atoms with E-state index in [0.29, 0.717) is 5.13 Å². The Morgan fingerprint density at radius 3 is 3.00 bits per heavy atom. The van der Waals surface area contributed by atoms with Crippen molar-refractivity contribution in [3.05, 3.63) is 27.9 Å². The van der Waals surface area contributed by atoms with Gasteiger partial charge in [0, 0.05) is 18.6 Å². The summed E-state index contributed by atoms with van der Waals surface area (Å²) in [4.78, 5) is 28.7. The molecule has 8 heteroatoms. The lowest BCUT2D eigenvalue weighted by Gasteiger charge is -1.95. The van der Waals surface area contributed by atoms with Gasteiger partial charge in [0.1, 0.15) is 0 Å². The van der Waals surface area contributed by atoms with Gasteiger partial charge in [-0.3, -0.25) is 15.1 Å². The van der Waals surface area contributed by atoms with Crippen molar-refractivity contribution in [2.75, 3.05) is 5.32 Å². The lowest BCUT2D eigenvalue weighted by molar-refractivity contribution is 0.101. The minimum atomic E-state index is -0.484. The first-order valence-corrected chi connectivity index (χ1v) is 4.89. The molecule has 0 unspecified atom stereocenters. The second kappa shape index (κ2) is 3.65. The lowest BCUT2D eigenvalue weighted by Crippen LogP contribution is -2.14. The van der Waals surface area contributed by atoms with Gasteiger partial charge in [-0.05, 0) is 0 Å². The Morgan fingerprint density at radius 1 is 1.67 bits per heavy atom. The number of nitrogens with zero attached hydrogens (tertiary/aromatic N) is 3. The minimum absolute atomic E-state index is 0.0299. The number of nitrogens with one attached hydrogen (secondary N) is 2. The monoisotopic (exact) mass is 225 g/mol. The summed E-state index contributed by atoms with van der Waals surface area (Å²) in [6, 6.07) is 0. The standard InChI is InChI=1S/C7H7N5O2S/c1-12-7(14)9-4(11-12)5(13)10-6-8-2-3-15-6/h2-3H,1H3,(H,8,10,13)(H,9,11,14). The largest absolute Gasteiger partial charge is 0.343 e. The molecule has 0 bridgehead atoms. The second-order valence-electron chi connectivity index (χ2n) is 2.69. The van der Waals surface area contributed by atoms with Crippen molar-refractivity contribution >= 4 is 22.4 Å². The van der Waals surface area contributed by atoms with Gasteiger partial charge in [-0.2, -0.15) is 0 Å². The fourth-order valence-electron chi connectivity index (χ4n) is 0.946. The molecule has 0 spiro atoms. The van der Waals surface area contributed by atoms with E-state index in [-0.39, 0.29) is 5.82 Å². The number of H-pyrrole nitrogens is 1. The number of aryl methyl sites for hydroxylation is 1. The van der Waals surface area contributed by atoms with Crippen molar-refractivity contribution in [1.29, 1.82) is 0 Å². The summed E-state index contributed by atoms with van der Waals surface area (Å²) in [6.07, 6.45) is 1.57. The summed E-state index contributed by atoms with van der Waals surface area (Å²) in [5.41, 5.74) is -0.431. The van der Waals surface area contributed by atoms with Gasteiger partial charge in [-0.25, -0.2) is 14.5 Å². The van der Waals surface area contributed by atoms with E-state index < -0.39 is 11.6 Å². The molecule has 0 atom stereocenters. The first-order chi connectivity index (χ1) is 7.16. The second-order valence-corrected chi connectivity index (χ2v) is 3.59. The predicted molar refractivity (Wildman–Crippen MR) is 53.9 cm³/mol. The average Bonchev–Trinajstić information content (AvgIpc) is 2.78. The van der Waals surface area contributed by atoms with Gasteiger partial charge >= 0.3 is 5.69 Å². The summed E-state index contributed by atoms with van der Waals surface area (Å²) < 4.78 is 1.05. The molecule has 0 radical (unpaired) electrons. The molecule has 2 N–H and O–H groups in total. The number of amides is 1. The average molecular weight is 225 g/mol. The molecule has 78 valence electrons. The maximum Gasteiger partial charge on any atom is 0.343 e. The Hall–Kier alpha value is -1.96. The fourth-order valence-corrected chi connectivity index (χ4v) is 1.47. The highest BCUT2D eigenvalue weighted by atomic mass is 32.1. The highest BCUT2D eigenvalue weighted by molar-refractivity contribution is 7.13. The highest BCUT2D eigenvalue weighted by Gasteiger charge is 2.12. The van der Waals surface area contributed by atoms with Crippen LogP contribution in [0.2, 0.25) is 0 Å². The summed E-state index contributed by atoms with van der Waals surface area (Å²) >= 11 is 1.29. The van der Waals surface area contributed by atoms with Gasteiger partial charge < -0.3 is 0 Å². The number of anilines is 1. The molecule has 0 aliphatic carbocycles. The molecular formula is C7H7N5O2S. The van der Waals surface area contributed by atoms with Crippen molar-refractivity contribution in [2.24, 2.45) is 7.05 Å². The zero-order valence-electron chi connectivity index (χ0n) is 7.72. The smallest absolute Gasteiger partial charge is 0.295 e. The maximum atomic E-state index is 11.5. The van der Waals surface area contributed by atoms with E-state index in [4.69, 9.17) is 0 Å². The molecule has 0 saturated carbocycles. The zero-order valence-corrected chi connectivity index (χ0v) is 8.54. The van der Waals surface area contributed by atoms with E-state index in [0.717, 1.165) is 4.68 Å². The molecule has 2 aromatic rings. The minimum Gasteiger partial charge on any atom is -0.295 e. The van der Waals surface area contributed by atoms with Gasteiger partial charge in [-0.1, -0.05) is 0 Å². The molecule has 2 aromatic heterocycles. The van der Waals surface area contributed by atoms with E-state index >= 15 is 0 Å². The lowest BCUT2D eigenvalue weighted by atomic mass is 10.6. The molecule has 1 amide bonds. The molecule has 0 aliphatic rings. The maximum absolute atomic E-state index is 11.5. The van der Waals surface area contributed by atoms with Crippen LogP contribution < -0.4 is 11.0 Å². The third-order valence-corrected chi connectivity index (χ3v) is 2.33. The summed E-state index contributed by atoms with van der Waals surface area (Å²) in [5, 5.41) is 8.40. The van der Waals surface area contributed by atoms with Crippen molar-refractivity contribution in [2.45, 2.75) is 0 Å². The quantitative estimate of drug-likeness (QED) is 0.741. The van der Waals surface area contributed by atoms with E-state index in [9.17, 15) is 9.59 Å². The fraction of sp³-hybridized carbons (Fsp3) is 0.143. The van der Waals surface area contributed by atoms with Crippen LogP contribution >= 0.6 is 11.3 Å². The molecule has 2 rings (SSSR count). The van der Waals surface area contributed by atoms with E-state index in [1.54, 1.807) is 11.6 Å². The first-order valence-electron chi connectivity index (χ1n) is 4.01. The Morgan fingerprint density at radius 2 is 2.47 bits per heavy atom. The molecule has 0 aromatic carbocycles. The molecular weight excluding hydrogens is 218 g/mol.